The number of carbonyl (C=O) groups is 2. The van der Waals surface area contributed by atoms with E-state index in [-0.39, 0.29) is 23.5 Å². The molecule has 1 aromatic rings. The van der Waals surface area contributed by atoms with Crippen LogP contribution in [0.2, 0.25) is 0 Å². The molecule has 1 aliphatic rings. The highest BCUT2D eigenvalue weighted by atomic mass is 16.5. The fourth-order valence-electron chi connectivity index (χ4n) is 2.79. The van der Waals surface area contributed by atoms with Gasteiger partial charge in [0, 0.05) is 19.1 Å². The minimum Gasteiger partial charge on any atom is -0.496 e. The summed E-state index contributed by atoms with van der Waals surface area (Å²) in [4.78, 5) is 23.1. The molecule has 1 fully saturated rings. The molecule has 1 aromatic carbocycles. The Kier molecular flexibility index (Phi) is 5.98. The zero-order chi connectivity index (χ0) is 16.8. The molecule has 2 rings (SSSR count). The minimum atomic E-state index is -0.989. The normalized spacial score (nSPS) is 20.8. The molecule has 0 aromatic heterocycles. The second-order valence-electron chi connectivity index (χ2n) is 5.78. The predicted octanol–water partition coefficient (Wildman–Crippen LogP) is 1.87. The maximum atomic E-state index is 12.2. The van der Waals surface area contributed by atoms with Crippen LogP contribution in [0.4, 0.5) is 0 Å². The number of nitrogens with one attached hydrogen (secondary N) is 1. The summed E-state index contributed by atoms with van der Waals surface area (Å²) in [5.74, 6) is -0.396. The summed E-state index contributed by atoms with van der Waals surface area (Å²) in [5, 5.41) is 11.9. The van der Waals surface area contributed by atoms with Crippen LogP contribution in [0.5, 0.6) is 5.75 Å². The smallest absolute Gasteiger partial charge is 0.335 e. The van der Waals surface area contributed by atoms with Gasteiger partial charge in [0.25, 0.3) is 0 Å². The lowest BCUT2D eigenvalue weighted by atomic mass is 9.95. The van der Waals surface area contributed by atoms with Crippen molar-refractivity contribution in [1.29, 1.82) is 0 Å². The average molecular weight is 321 g/mol. The first-order valence-electron chi connectivity index (χ1n) is 7.80. The maximum Gasteiger partial charge on any atom is 0.335 e. The number of carboxylic acids is 1. The Labute approximate surface area is 135 Å². The molecule has 0 aliphatic carbocycles. The van der Waals surface area contributed by atoms with Crippen molar-refractivity contribution >= 4 is 11.9 Å². The van der Waals surface area contributed by atoms with Crippen molar-refractivity contribution in [2.45, 2.75) is 32.3 Å². The van der Waals surface area contributed by atoms with E-state index in [1.165, 1.54) is 13.2 Å². The molecule has 2 atom stereocenters. The molecule has 0 radical (unpaired) electrons. The molecule has 6 nitrogen and oxygen atoms in total. The molecule has 1 heterocycles. The summed E-state index contributed by atoms with van der Waals surface area (Å²) in [6, 6.07) is 4.77. The van der Waals surface area contributed by atoms with Gasteiger partial charge in [-0.1, -0.05) is 6.07 Å². The van der Waals surface area contributed by atoms with E-state index in [0.717, 1.165) is 18.4 Å². The van der Waals surface area contributed by atoms with Crippen LogP contribution in [-0.2, 0) is 16.0 Å². The number of hydrogen-bond acceptors (Lipinski definition) is 4. The average Bonchev–Trinajstić information content (AvgIpc) is 2.54. The van der Waals surface area contributed by atoms with Crippen LogP contribution in [-0.4, -0.2) is 43.3 Å². The lowest BCUT2D eigenvalue weighted by Gasteiger charge is -2.26. The molecule has 126 valence electrons. The Bertz CT molecular complexity index is 572. The summed E-state index contributed by atoms with van der Waals surface area (Å²) in [6.07, 6.45) is 2.23. The van der Waals surface area contributed by atoms with Gasteiger partial charge in [-0.05, 0) is 43.9 Å². The summed E-state index contributed by atoms with van der Waals surface area (Å²) in [7, 11) is 1.51. The molecule has 1 amide bonds. The van der Waals surface area contributed by atoms with Crippen molar-refractivity contribution in [3.8, 4) is 5.75 Å². The monoisotopic (exact) mass is 321 g/mol. The summed E-state index contributed by atoms with van der Waals surface area (Å²) in [5.41, 5.74) is 1.06. The van der Waals surface area contributed by atoms with E-state index in [0.29, 0.717) is 25.3 Å². The molecule has 2 N–H and O–H groups in total. The van der Waals surface area contributed by atoms with Gasteiger partial charge in [-0.25, -0.2) is 4.79 Å². The number of carbonyl (C=O) groups excluding carboxylic acids is 1. The van der Waals surface area contributed by atoms with E-state index in [2.05, 4.69) is 5.32 Å². The number of carboxylic acid groups (broad SMARTS) is 1. The zero-order valence-corrected chi connectivity index (χ0v) is 13.5. The van der Waals surface area contributed by atoms with Gasteiger partial charge in [0.1, 0.15) is 5.75 Å². The molecule has 6 heteroatoms. The standard InChI is InChI=1S/C17H23NO5/c1-11-9-13(6-8-23-11)16(19)18-7-5-12-3-4-14(17(20)21)10-15(12)22-2/h3-4,10-11,13H,5-9H2,1-2H3,(H,18,19)(H,20,21). The predicted molar refractivity (Wildman–Crippen MR) is 84.8 cm³/mol. The van der Waals surface area contributed by atoms with Crippen LogP contribution < -0.4 is 10.1 Å². The number of amides is 1. The molecule has 2 unspecified atom stereocenters. The quantitative estimate of drug-likeness (QED) is 0.835. The molecular weight excluding hydrogens is 298 g/mol. The van der Waals surface area contributed by atoms with Crippen LogP contribution in [0.15, 0.2) is 18.2 Å². The van der Waals surface area contributed by atoms with Crippen molar-refractivity contribution in [3.05, 3.63) is 29.3 Å². The number of ether oxygens (including phenoxy) is 2. The molecule has 1 aliphatic heterocycles. The Morgan fingerprint density at radius 1 is 1.43 bits per heavy atom. The van der Waals surface area contributed by atoms with Crippen molar-refractivity contribution < 1.29 is 24.2 Å². The van der Waals surface area contributed by atoms with Crippen LogP contribution in [0.1, 0.15) is 35.7 Å². The van der Waals surface area contributed by atoms with E-state index in [4.69, 9.17) is 14.6 Å². The second-order valence-corrected chi connectivity index (χ2v) is 5.78. The topological polar surface area (TPSA) is 84.9 Å². The number of benzene rings is 1. The van der Waals surface area contributed by atoms with Gasteiger partial charge < -0.3 is 19.9 Å². The van der Waals surface area contributed by atoms with E-state index < -0.39 is 5.97 Å². The van der Waals surface area contributed by atoms with Gasteiger partial charge in [0.2, 0.25) is 5.91 Å². The van der Waals surface area contributed by atoms with Crippen LogP contribution in [0.25, 0.3) is 0 Å². The van der Waals surface area contributed by atoms with E-state index in [1.54, 1.807) is 12.1 Å². The highest BCUT2D eigenvalue weighted by Gasteiger charge is 2.25. The molecule has 23 heavy (non-hydrogen) atoms. The Morgan fingerprint density at radius 3 is 2.87 bits per heavy atom. The summed E-state index contributed by atoms with van der Waals surface area (Å²) < 4.78 is 10.7. The molecule has 1 saturated heterocycles. The lowest BCUT2D eigenvalue weighted by molar-refractivity contribution is -0.129. The van der Waals surface area contributed by atoms with Crippen LogP contribution >= 0.6 is 0 Å². The van der Waals surface area contributed by atoms with Crippen molar-refractivity contribution in [2.75, 3.05) is 20.3 Å². The first-order chi connectivity index (χ1) is 11.0. The number of rotatable bonds is 6. The third kappa shape index (κ3) is 4.69. The van der Waals surface area contributed by atoms with Crippen molar-refractivity contribution in [3.63, 3.8) is 0 Å². The summed E-state index contributed by atoms with van der Waals surface area (Å²) >= 11 is 0. The summed E-state index contributed by atoms with van der Waals surface area (Å²) in [6.45, 7) is 3.10. The third-order valence-electron chi connectivity index (χ3n) is 4.08. The Hall–Kier alpha value is -2.08. The highest BCUT2D eigenvalue weighted by Crippen LogP contribution is 2.22. The highest BCUT2D eigenvalue weighted by molar-refractivity contribution is 5.88. The van der Waals surface area contributed by atoms with Gasteiger partial charge in [0.15, 0.2) is 0 Å². The van der Waals surface area contributed by atoms with Crippen LogP contribution in [0.3, 0.4) is 0 Å². The van der Waals surface area contributed by atoms with Crippen LogP contribution in [0, 0.1) is 5.92 Å². The fourth-order valence-corrected chi connectivity index (χ4v) is 2.79. The van der Waals surface area contributed by atoms with Gasteiger partial charge in [-0.15, -0.1) is 0 Å². The van der Waals surface area contributed by atoms with Gasteiger partial charge in [-0.2, -0.15) is 0 Å². The molecule has 0 saturated carbocycles. The first-order valence-corrected chi connectivity index (χ1v) is 7.80. The zero-order valence-electron chi connectivity index (χ0n) is 13.5. The Balaban J connectivity index is 1.88. The largest absolute Gasteiger partial charge is 0.496 e. The van der Waals surface area contributed by atoms with Crippen molar-refractivity contribution in [2.24, 2.45) is 5.92 Å². The molecule has 0 bridgehead atoms. The van der Waals surface area contributed by atoms with E-state index in [9.17, 15) is 9.59 Å². The third-order valence-corrected chi connectivity index (χ3v) is 4.08. The molecular formula is C17H23NO5. The van der Waals surface area contributed by atoms with E-state index in [1.807, 2.05) is 6.92 Å². The Morgan fingerprint density at radius 2 is 2.22 bits per heavy atom. The minimum absolute atomic E-state index is 0.00929. The first kappa shape index (κ1) is 17.3. The lowest BCUT2D eigenvalue weighted by Crippen LogP contribution is -2.37. The number of aromatic carboxylic acids is 1. The number of methoxy groups -OCH3 is 1. The van der Waals surface area contributed by atoms with Crippen molar-refractivity contribution in [1.82, 2.24) is 5.32 Å². The van der Waals surface area contributed by atoms with E-state index >= 15 is 0 Å². The molecule has 0 spiro atoms. The number of hydrogen-bond donors (Lipinski definition) is 2. The van der Waals surface area contributed by atoms with Gasteiger partial charge in [0.05, 0.1) is 18.8 Å². The van der Waals surface area contributed by atoms with Gasteiger partial charge >= 0.3 is 5.97 Å². The fraction of sp³-hybridized carbons (Fsp3) is 0.529. The van der Waals surface area contributed by atoms with Gasteiger partial charge in [-0.3, -0.25) is 4.79 Å². The SMILES string of the molecule is COc1cc(C(=O)O)ccc1CCNC(=O)C1CCOC(C)C1. The second kappa shape index (κ2) is 7.97. The maximum absolute atomic E-state index is 12.2.